The zero-order chi connectivity index (χ0) is 15.2. The quantitative estimate of drug-likeness (QED) is 0.821. The average molecular weight is 292 g/mol. The van der Waals surface area contributed by atoms with Crippen LogP contribution in [-0.4, -0.2) is 16.1 Å². The number of aliphatic hydroxyl groups excluding tert-OH is 1. The molecule has 0 fully saturated rings. The van der Waals surface area contributed by atoms with Crippen LogP contribution in [0.1, 0.15) is 50.3 Å². The highest BCUT2D eigenvalue weighted by atomic mass is 19.1. The van der Waals surface area contributed by atoms with Gasteiger partial charge in [0.2, 0.25) is 0 Å². The lowest BCUT2D eigenvalue weighted by Crippen LogP contribution is -2.32. The summed E-state index contributed by atoms with van der Waals surface area (Å²) in [5.41, 5.74) is 0.804. The molecule has 21 heavy (non-hydrogen) atoms. The molecule has 4 nitrogen and oxygen atoms in total. The van der Waals surface area contributed by atoms with Gasteiger partial charge >= 0.3 is 0 Å². The third-order valence-electron chi connectivity index (χ3n) is 3.45. The SMILES string of the molecule is CCC(NC(C)CC(O)c1ccco1)c1ccc(F)cn1. The normalized spacial score (nSPS) is 15.6. The number of halogens is 1. The maximum Gasteiger partial charge on any atom is 0.141 e. The van der Waals surface area contributed by atoms with Gasteiger partial charge in [-0.1, -0.05) is 6.92 Å². The summed E-state index contributed by atoms with van der Waals surface area (Å²) in [6.45, 7) is 4.04. The smallest absolute Gasteiger partial charge is 0.141 e. The van der Waals surface area contributed by atoms with Gasteiger partial charge in [0.25, 0.3) is 0 Å². The fourth-order valence-electron chi connectivity index (χ4n) is 2.35. The second kappa shape index (κ2) is 7.33. The molecule has 0 bridgehead atoms. The van der Waals surface area contributed by atoms with E-state index in [4.69, 9.17) is 4.42 Å². The Balaban J connectivity index is 1.93. The van der Waals surface area contributed by atoms with Gasteiger partial charge in [0.1, 0.15) is 17.7 Å². The van der Waals surface area contributed by atoms with Crippen LogP contribution >= 0.6 is 0 Å². The number of hydrogen-bond acceptors (Lipinski definition) is 4. The van der Waals surface area contributed by atoms with Crippen molar-refractivity contribution in [2.24, 2.45) is 0 Å². The van der Waals surface area contributed by atoms with Crippen molar-refractivity contribution in [1.82, 2.24) is 10.3 Å². The second-order valence-corrected chi connectivity index (χ2v) is 5.20. The number of aromatic nitrogens is 1. The topological polar surface area (TPSA) is 58.3 Å². The molecule has 2 heterocycles. The lowest BCUT2D eigenvalue weighted by molar-refractivity contribution is 0.126. The van der Waals surface area contributed by atoms with E-state index in [0.29, 0.717) is 12.2 Å². The first-order valence-electron chi connectivity index (χ1n) is 7.19. The van der Waals surface area contributed by atoms with Gasteiger partial charge < -0.3 is 14.8 Å². The molecule has 0 spiro atoms. The van der Waals surface area contributed by atoms with E-state index in [9.17, 15) is 9.50 Å². The molecule has 5 heteroatoms. The van der Waals surface area contributed by atoms with Gasteiger partial charge in [0, 0.05) is 12.1 Å². The number of nitrogens with zero attached hydrogens (tertiary/aromatic N) is 1. The molecule has 0 amide bonds. The first-order chi connectivity index (χ1) is 10.1. The molecule has 0 aliphatic carbocycles. The summed E-state index contributed by atoms with van der Waals surface area (Å²) in [7, 11) is 0. The number of pyridine rings is 1. The first kappa shape index (κ1) is 15.7. The minimum absolute atomic E-state index is 0.0319. The van der Waals surface area contributed by atoms with Crippen molar-refractivity contribution in [3.8, 4) is 0 Å². The van der Waals surface area contributed by atoms with Crippen LogP contribution in [0.3, 0.4) is 0 Å². The highest BCUT2D eigenvalue weighted by Crippen LogP contribution is 2.21. The number of nitrogens with one attached hydrogen (secondary N) is 1. The van der Waals surface area contributed by atoms with Crippen LogP contribution in [0.15, 0.2) is 41.1 Å². The number of rotatable bonds is 7. The Hall–Kier alpha value is -1.72. The number of furan rings is 1. The van der Waals surface area contributed by atoms with E-state index < -0.39 is 6.10 Å². The van der Waals surface area contributed by atoms with Crippen molar-refractivity contribution < 1.29 is 13.9 Å². The number of aliphatic hydroxyl groups is 1. The monoisotopic (exact) mass is 292 g/mol. The van der Waals surface area contributed by atoms with E-state index in [2.05, 4.69) is 10.3 Å². The van der Waals surface area contributed by atoms with Gasteiger partial charge in [0.15, 0.2) is 0 Å². The lowest BCUT2D eigenvalue weighted by atomic mass is 10.1. The van der Waals surface area contributed by atoms with Gasteiger partial charge in [0.05, 0.1) is 18.2 Å². The maximum atomic E-state index is 12.9. The highest BCUT2D eigenvalue weighted by molar-refractivity contribution is 5.10. The third kappa shape index (κ3) is 4.37. The molecule has 0 saturated heterocycles. The molecule has 0 saturated carbocycles. The summed E-state index contributed by atoms with van der Waals surface area (Å²) >= 11 is 0. The molecule has 0 aliphatic rings. The minimum Gasteiger partial charge on any atom is -0.467 e. The van der Waals surface area contributed by atoms with Crippen molar-refractivity contribution in [3.63, 3.8) is 0 Å². The van der Waals surface area contributed by atoms with Crippen LogP contribution in [-0.2, 0) is 0 Å². The van der Waals surface area contributed by atoms with E-state index in [0.717, 1.165) is 12.1 Å². The number of hydrogen-bond donors (Lipinski definition) is 2. The summed E-state index contributed by atoms with van der Waals surface area (Å²) in [6, 6.07) is 6.72. The van der Waals surface area contributed by atoms with E-state index in [1.165, 1.54) is 12.3 Å². The molecule has 3 unspecified atom stereocenters. The minimum atomic E-state index is -0.638. The Morgan fingerprint density at radius 1 is 1.38 bits per heavy atom. The Kier molecular flexibility index (Phi) is 5.47. The van der Waals surface area contributed by atoms with Crippen molar-refractivity contribution in [1.29, 1.82) is 0 Å². The van der Waals surface area contributed by atoms with Gasteiger partial charge in [-0.3, -0.25) is 4.98 Å². The Labute approximate surface area is 124 Å². The molecule has 2 rings (SSSR count). The van der Waals surface area contributed by atoms with E-state index >= 15 is 0 Å². The third-order valence-corrected chi connectivity index (χ3v) is 3.45. The molecule has 0 aliphatic heterocycles. The molecule has 114 valence electrons. The summed E-state index contributed by atoms with van der Waals surface area (Å²) in [4.78, 5) is 4.11. The van der Waals surface area contributed by atoms with E-state index in [-0.39, 0.29) is 17.9 Å². The summed E-state index contributed by atoms with van der Waals surface area (Å²) in [5.74, 6) is 0.228. The van der Waals surface area contributed by atoms with Crippen LogP contribution < -0.4 is 5.32 Å². The maximum absolute atomic E-state index is 12.9. The first-order valence-corrected chi connectivity index (χ1v) is 7.19. The van der Waals surface area contributed by atoms with Gasteiger partial charge in [-0.2, -0.15) is 0 Å². The Morgan fingerprint density at radius 2 is 2.19 bits per heavy atom. The van der Waals surface area contributed by atoms with Crippen molar-refractivity contribution in [3.05, 3.63) is 54.0 Å². The summed E-state index contributed by atoms with van der Waals surface area (Å²) in [5, 5.41) is 13.5. The highest BCUT2D eigenvalue weighted by Gasteiger charge is 2.18. The van der Waals surface area contributed by atoms with Crippen LogP contribution in [0.5, 0.6) is 0 Å². The largest absolute Gasteiger partial charge is 0.467 e. The molecular formula is C16H21FN2O2. The average Bonchev–Trinajstić information content (AvgIpc) is 3.00. The Morgan fingerprint density at radius 3 is 2.76 bits per heavy atom. The van der Waals surface area contributed by atoms with Gasteiger partial charge in [-0.25, -0.2) is 4.39 Å². The molecule has 2 aromatic heterocycles. The zero-order valence-corrected chi connectivity index (χ0v) is 12.3. The van der Waals surface area contributed by atoms with Crippen molar-refractivity contribution >= 4 is 0 Å². The standard InChI is InChI=1S/C16H21FN2O2/c1-3-13(14-7-6-12(17)10-18-14)19-11(2)9-15(20)16-5-4-8-21-16/h4-8,10-11,13,15,19-20H,3,9H2,1-2H3. The van der Waals surface area contributed by atoms with Crippen LogP contribution in [0, 0.1) is 5.82 Å². The van der Waals surface area contributed by atoms with Crippen molar-refractivity contribution in [2.45, 2.75) is 44.9 Å². The van der Waals surface area contributed by atoms with E-state index in [1.807, 2.05) is 13.8 Å². The fourth-order valence-corrected chi connectivity index (χ4v) is 2.35. The zero-order valence-electron chi connectivity index (χ0n) is 12.3. The summed E-state index contributed by atoms with van der Waals surface area (Å²) < 4.78 is 18.1. The molecule has 0 aromatic carbocycles. The second-order valence-electron chi connectivity index (χ2n) is 5.20. The lowest BCUT2D eigenvalue weighted by Gasteiger charge is -2.23. The molecule has 2 aromatic rings. The predicted octanol–water partition coefficient (Wildman–Crippen LogP) is 3.37. The molecule has 3 atom stereocenters. The Bertz CT molecular complexity index is 528. The van der Waals surface area contributed by atoms with Gasteiger partial charge in [-0.05, 0) is 44.0 Å². The predicted molar refractivity (Wildman–Crippen MR) is 78.1 cm³/mol. The van der Waals surface area contributed by atoms with Crippen molar-refractivity contribution in [2.75, 3.05) is 0 Å². The van der Waals surface area contributed by atoms with Crippen LogP contribution in [0.2, 0.25) is 0 Å². The van der Waals surface area contributed by atoms with Crippen LogP contribution in [0.4, 0.5) is 4.39 Å². The van der Waals surface area contributed by atoms with Gasteiger partial charge in [-0.15, -0.1) is 0 Å². The molecule has 0 radical (unpaired) electrons. The molecular weight excluding hydrogens is 271 g/mol. The molecule has 2 N–H and O–H groups in total. The fraction of sp³-hybridized carbons (Fsp3) is 0.438. The van der Waals surface area contributed by atoms with E-state index in [1.54, 1.807) is 24.5 Å². The van der Waals surface area contributed by atoms with Crippen LogP contribution in [0.25, 0.3) is 0 Å². The summed E-state index contributed by atoms with van der Waals surface area (Å²) in [6.07, 6.45) is 3.50.